The molecule has 15 heavy (non-hydrogen) atoms. The fourth-order valence-electron chi connectivity index (χ4n) is 1.41. The molecule has 0 fully saturated rings. The van der Waals surface area contributed by atoms with Crippen molar-refractivity contribution < 1.29 is 4.39 Å². The maximum absolute atomic E-state index is 13.3. The van der Waals surface area contributed by atoms with Gasteiger partial charge in [0.2, 0.25) is 0 Å². The molecule has 0 spiro atoms. The highest BCUT2D eigenvalue weighted by Crippen LogP contribution is 2.23. The van der Waals surface area contributed by atoms with Gasteiger partial charge in [0.1, 0.15) is 11.9 Å². The van der Waals surface area contributed by atoms with Gasteiger partial charge >= 0.3 is 0 Å². The Morgan fingerprint density at radius 2 is 2.20 bits per heavy atom. The molecule has 3 nitrogen and oxygen atoms in total. The van der Waals surface area contributed by atoms with E-state index in [-0.39, 0.29) is 5.56 Å². The van der Waals surface area contributed by atoms with Crippen LogP contribution in [0.25, 0.3) is 11.3 Å². The van der Waals surface area contributed by atoms with Gasteiger partial charge in [-0.3, -0.25) is 4.68 Å². The van der Waals surface area contributed by atoms with E-state index in [0.717, 1.165) is 0 Å². The first-order valence-corrected chi connectivity index (χ1v) is 4.41. The number of hydrogen-bond donors (Lipinski definition) is 0. The average Bonchev–Trinajstić information content (AvgIpc) is 2.64. The molecule has 4 heteroatoms. The van der Waals surface area contributed by atoms with Crippen LogP contribution in [0.15, 0.2) is 30.5 Å². The Morgan fingerprint density at radius 1 is 1.40 bits per heavy atom. The minimum Gasteiger partial charge on any atom is -0.275 e. The summed E-state index contributed by atoms with van der Waals surface area (Å²) in [6, 6.07) is 8.12. The Bertz CT molecular complexity index is 537. The summed E-state index contributed by atoms with van der Waals surface area (Å²) in [6.45, 7) is 0. The zero-order valence-corrected chi connectivity index (χ0v) is 8.11. The van der Waals surface area contributed by atoms with Gasteiger partial charge in [0.25, 0.3) is 0 Å². The molecular weight excluding hydrogens is 193 g/mol. The van der Waals surface area contributed by atoms with Crippen LogP contribution in [0.2, 0.25) is 0 Å². The third-order valence-corrected chi connectivity index (χ3v) is 2.11. The van der Waals surface area contributed by atoms with Crippen molar-refractivity contribution >= 4 is 0 Å². The van der Waals surface area contributed by atoms with Gasteiger partial charge in [-0.05, 0) is 12.1 Å². The monoisotopic (exact) mass is 201 g/mol. The van der Waals surface area contributed by atoms with Crippen LogP contribution in [0, 0.1) is 17.1 Å². The van der Waals surface area contributed by atoms with Crippen molar-refractivity contribution in [3.63, 3.8) is 0 Å². The summed E-state index contributed by atoms with van der Waals surface area (Å²) < 4.78 is 14.9. The van der Waals surface area contributed by atoms with Crippen molar-refractivity contribution in [3.05, 3.63) is 41.8 Å². The molecule has 1 aromatic heterocycles. The highest BCUT2D eigenvalue weighted by Gasteiger charge is 2.11. The lowest BCUT2D eigenvalue weighted by Gasteiger charge is -2.00. The van der Waals surface area contributed by atoms with Crippen molar-refractivity contribution in [2.75, 3.05) is 0 Å². The lowest BCUT2D eigenvalue weighted by molar-refractivity contribution is 0.624. The van der Waals surface area contributed by atoms with Crippen molar-refractivity contribution in [1.29, 1.82) is 5.26 Å². The second kappa shape index (κ2) is 3.54. The van der Waals surface area contributed by atoms with Crippen LogP contribution in [0.3, 0.4) is 0 Å². The molecule has 0 unspecified atom stereocenters. The molecule has 0 amide bonds. The van der Waals surface area contributed by atoms with Crippen LogP contribution in [-0.2, 0) is 7.05 Å². The molecule has 1 aromatic carbocycles. The van der Waals surface area contributed by atoms with Crippen LogP contribution in [-0.4, -0.2) is 9.78 Å². The molecule has 0 N–H and O–H groups in total. The van der Waals surface area contributed by atoms with Gasteiger partial charge in [-0.1, -0.05) is 12.1 Å². The number of aryl methyl sites for hydroxylation is 1. The molecule has 2 rings (SSSR count). The summed E-state index contributed by atoms with van der Waals surface area (Å²) in [5.74, 6) is -0.513. The highest BCUT2D eigenvalue weighted by atomic mass is 19.1. The second-order valence-electron chi connectivity index (χ2n) is 3.15. The van der Waals surface area contributed by atoms with Crippen molar-refractivity contribution in [2.45, 2.75) is 0 Å². The minimum absolute atomic E-state index is 0.0381. The normalized spacial score (nSPS) is 9.93. The third-order valence-electron chi connectivity index (χ3n) is 2.11. The highest BCUT2D eigenvalue weighted by molar-refractivity contribution is 5.67. The molecule has 0 atom stereocenters. The molecule has 2 aromatic rings. The predicted molar refractivity (Wildman–Crippen MR) is 53.3 cm³/mol. The number of hydrogen-bond acceptors (Lipinski definition) is 2. The molecule has 0 aliphatic heterocycles. The van der Waals surface area contributed by atoms with Crippen molar-refractivity contribution in [2.24, 2.45) is 7.05 Å². The fraction of sp³-hybridized carbons (Fsp3) is 0.0909. The smallest absolute Gasteiger partial charge is 0.141 e. The maximum Gasteiger partial charge on any atom is 0.141 e. The number of nitriles is 1. The van der Waals surface area contributed by atoms with E-state index in [9.17, 15) is 4.39 Å². The first-order valence-electron chi connectivity index (χ1n) is 4.41. The first kappa shape index (κ1) is 9.41. The van der Waals surface area contributed by atoms with Crippen LogP contribution in [0.1, 0.15) is 5.56 Å². The van der Waals surface area contributed by atoms with Gasteiger partial charge < -0.3 is 0 Å². The topological polar surface area (TPSA) is 41.6 Å². The van der Waals surface area contributed by atoms with Crippen LogP contribution in [0.5, 0.6) is 0 Å². The van der Waals surface area contributed by atoms with E-state index in [0.29, 0.717) is 11.3 Å². The Hall–Kier alpha value is -2.15. The standard InChI is InChI=1S/C11H8FN3/c1-15-6-5-11(14-15)8-3-2-4-10(12)9(8)7-13/h2-6H,1H3. The minimum atomic E-state index is -0.513. The van der Waals surface area contributed by atoms with Crippen LogP contribution in [0.4, 0.5) is 4.39 Å². The van der Waals surface area contributed by atoms with E-state index in [1.54, 1.807) is 36.1 Å². The summed E-state index contributed by atoms with van der Waals surface area (Å²) >= 11 is 0. The van der Waals surface area contributed by atoms with Crippen molar-refractivity contribution in [1.82, 2.24) is 9.78 Å². The third kappa shape index (κ3) is 1.59. The van der Waals surface area contributed by atoms with Crippen LogP contribution < -0.4 is 0 Å². The van der Waals surface area contributed by atoms with Gasteiger partial charge in [0, 0.05) is 18.8 Å². The molecule has 0 aliphatic rings. The van der Waals surface area contributed by atoms with Gasteiger partial charge in [0.05, 0.1) is 11.3 Å². The molecule has 1 heterocycles. The Morgan fingerprint density at radius 3 is 2.80 bits per heavy atom. The van der Waals surface area contributed by atoms with E-state index in [1.165, 1.54) is 6.07 Å². The predicted octanol–water partition coefficient (Wildman–Crippen LogP) is 2.10. The molecular formula is C11H8FN3. The average molecular weight is 201 g/mol. The summed E-state index contributed by atoms with van der Waals surface area (Å²) in [5.41, 5.74) is 1.17. The number of halogens is 1. The number of aromatic nitrogens is 2. The number of rotatable bonds is 1. The Labute approximate surface area is 86.4 Å². The number of benzene rings is 1. The van der Waals surface area contributed by atoms with Gasteiger partial charge in [-0.2, -0.15) is 10.4 Å². The lowest BCUT2D eigenvalue weighted by atomic mass is 10.1. The van der Waals surface area contributed by atoms with E-state index < -0.39 is 5.82 Å². The van der Waals surface area contributed by atoms with Gasteiger partial charge in [-0.25, -0.2) is 4.39 Å². The van der Waals surface area contributed by atoms with E-state index in [4.69, 9.17) is 5.26 Å². The van der Waals surface area contributed by atoms with Crippen LogP contribution >= 0.6 is 0 Å². The second-order valence-corrected chi connectivity index (χ2v) is 3.15. The van der Waals surface area contributed by atoms with Crippen molar-refractivity contribution in [3.8, 4) is 17.3 Å². The zero-order chi connectivity index (χ0) is 10.8. The maximum atomic E-state index is 13.3. The quantitative estimate of drug-likeness (QED) is 0.709. The summed E-state index contributed by atoms with van der Waals surface area (Å²) in [7, 11) is 1.77. The van der Waals surface area contributed by atoms with E-state index in [2.05, 4.69) is 5.10 Å². The lowest BCUT2D eigenvalue weighted by Crippen LogP contribution is -1.92. The molecule has 0 bridgehead atoms. The molecule has 74 valence electrons. The Kier molecular flexibility index (Phi) is 2.22. The Balaban J connectivity index is 2.63. The SMILES string of the molecule is Cn1ccc(-c2cccc(F)c2C#N)n1. The summed E-state index contributed by atoms with van der Waals surface area (Å²) in [4.78, 5) is 0. The largest absolute Gasteiger partial charge is 0.275 e. The molecule has 0 radical (unpaired) electrons. The first-order chi connectivity index (χ1) is 7.22. The molecule has 0 aliphatic carbocycles. The van der Waals surface area contributed by atoms with Gasteiger partial charge in [-0.15, -0.1) is 0 Å². The van der Waals surface area contributed by atoms with E-state index >= 15 is 0 Å². The molecule has 0 saturated heterocycles. The zero-order valence-electron chi connectivity index (χ0n) is 8.11. The van der Waals surface area contributed by atoms with E-state index in [1.807, 2.05) is 6.07 Å². The van der Waals surface area contributed by atoms with Gasteiger partial charge in [0.15, 0.2) is 0 Å². The fourth-order valence-corrected chi connectivity index (χ4v) is 1.41. The molecule has 0 saturated carbocycles. The number of nitrogens with zero attached hydrogens (tertiary/aromatic N) is 3. The summed E-state index contributed by atoms with van der Waals surface area (Å²) in [5, 5.41) is 13.0. The summed E-state index contributed by atoms with van der Waals surface area (Å²) in [6.07, 6.45) is 1.75.